The average Bonchev–Trinajstić information content (AvgIpc) is 1.82. The lowest BCUT2D eigenvalue weighted by molar-refractivity contribution is -0.137. The summed E-state index contributed by atoms with van der Waals surface area (Å²) in [6, 6.07) is 3.15. The summed E-state index contributed by atoms with van der Waals surface area (Å²) < 4.78 is 102. The number of alkyl carbamates (subject to hydrolysis) is 1. The van der Waals surface area contributed by atoms with Gasteiger partial charge in [-0.3, -0.25) is 60.9 Å². The standard InChI is InChI=1S/C50H61F2N17O17P2S2/c1-24(2)36(65-31(71)13-16-67-32(72)11-12-33(67)73)46(75)64-27(5-3-14-55-49(54)76)45(74)63-26-9-7-25(8-10-26)17-80-50(77)56-15-4-6-30(70)66-42-38-44(60-21-58-42)69(23-62-38)48-35(52)40-29(84-48)19-82-87(78,89)85-39-28(18-81-88(79,90)86-40)83-47(34(39)51)68-22-61-37-41(53)57-20-59-43(37)68/h7-12,20-24,27-29,34-36,39-40,47-48H,3-6,13-19H2,1-2H3,(H,56,77)(H,63,74)(H,64,75)(H,65,71)(H,78,89)(H,79,90)(H2,53,57,59)(H3,54,55,76)(H,58,60,66,70)/t27-,28+,29+,34+,35+,36-,39+,40+,47+,48+,87-,88+/m0/s1. The number of imide groups is 1. The monoisotopic (exact) mass is 1340 g/mol. The third-order valence-corrected chi connectivity index (χ3v) is 17.4. The lowest BCUT2D eigenvalue weighted by atomic mass is 10.0. The van der Waals surface area contributed by atoms with E-state index in [-0.39, 0.29) is 92.3 Å². The zero-order valence-electron chi connectivity index (χ0n) is 47.6. The zero-order valence-corrected chi connectivity index (χ0v) is 51.1. The molecule has 12 atom stereocenters. The molecule has 1 aromatic carbocycles. The largest absolute Gasteiger partial charge is 0.445 e. The van der Waals surface area contributed by atoms with E-state index in [1.807, 2.05) is 0 Å². The van der Waals surface area contributed by atoms with Gasteiger partial charge in [-0.1, -0.05) is 50.5 Å². The van der Waals surface area contributed by atoms with Gasteiger partial charge < -0.3 is 57.6 Å². The van der Waals surface area contributed by atoms with Gasteiger partial charge in [-0.15, -0.1) is 0 Å². The molecule has 4 aliphatic rings. The molecule has 4 aromatic heterocycles. The Kier molecular flexibility index (Phi) is 21.5. The molecule has 9 rings (SSSR count). The number of anilines is 3. The van der Waals surface area contributed by atoms with Gasteiger partial charge >= 0.3 is 25.7 Å². The van der Waals surface area contributed by atoms with E-state index >= 15 is 8.78 Å². The van der Waals surface area contributed by atoms with Crippen molar-refractivity contribution in [1.29, 1.82) is 0 Å². The predicted molar refractivity (Wildman–Crippen MR) is 315 cm³/mol. The molecule has 10 N–H and O–H groups in total. The second-order valence-corrected chi connectivity index (χ2v) is 26.6. The summed E-state index contributed by atoms with van der Waals surface area (Å²) in [5.41, 5.74) is 12.1. The van der Waals surface area contributed by atoms with Crippen LogP contribution in [0.1, 0.15) is 64.0 Å². The van der Waals surface area contributed by atoms with E-state index in [1.165, 1.54) is 23.0 Å². The van der Waals surface area contributed by atoms with Crippen LogP contribution in [0.25, 0.3) is 22.3 Å². The fourth-order valence-electron chi connectivity index (χ4n) is 9.69. The average molecular weight is 1340 g/mol. The van der Waals surface area contributed by atoms with Gasteiger partial charge in [0.25, 0.3) is 11.8 Å². The van der Waals surface area contributed by atoms with Crippen LogP contribution in [0.2, 0.25) is 0 Å². The molecule has 8 heterocycles. The normalized spacial score (nSPS) is 25.8. The molecule has 0 unspecified atom stereocenters. The van der Waals surface area contributed by atoms with Crippen LogP contribution in [0.3, 0.4) is 0 Å². The number of ether oxygens (including phenoxy) is 3. The SMILES string of the molecule is CC(C)[C@H](NC(=O)CCN1C(=O)C=CC1=O)C(=O)N[C@@H](CCCNC(N)=O)C(=O)Nc1ccc(COC(=O)NCCCC(=O)Nc2ncnc3c2ncn3[C@@H]2O[C@@H]3CO[P@](=O)(S)O[C@H]4[C@@H](F)[C@H](n5cnc6c(N)ncnc65)O[C@@H]4CO[P@@](=O)(S)O[C@H]3[C@H]2F)cc1. The Hall–Kier alpha value is -7.80. The lowest BCUT2D eigenvalue weighted by Gasteiger charge is -2.28. The summed E-state index contributed by atoms with van der Waals surface area (Å²) in [6.45, 7) is -7.59. The van der Waals surface area contributed by atoms with Gasteiger partial charge in [-0.25, -0.2) is 57.4 Å². The first-order chi connectivity index (χ1) is 42.8. The van der Waals surface area contributed by atoms with E-state index in [2.05, 4.69) is 86.3 Å². The first-order valence-electron chi connectivity index (χ1n) is 27.6. The molecule has 9 amide bonds. The number of halogens is 2. The molecule has 0 radical (unpaired) electrons. The van der Waals surface area contributed by atoms with Crippen LogP contribution in [0.15, 0.2) is 61.7 Å². The summed E-state index contributed by atoms with van der Waals surface area (Å²) in [4.78, 5) is 126. The summed E-state index contributed by atoms with van der Waals surface area (Å²) in [7, 11) is 0. The number of urea groups is 1. The molecule has 5 aromatic rings. The second-order valence-electron chi connectivity index (χ2n) is 20.9. The van der Waals surface area contributed by atoms with Gasteiger partial charge in [0.05, 0.1) is 25.9 Å². The number of rotatable bonds is 22. The van der Waals surface area contributed by atoms with Crippen molar-refractivity contribution in [2.75, 3.05) is 49.2 Å². The third kappa shape index (κ3) is 16.4. The van der Waals surface area contributed by atoms with Gasteiger partial charge in [0.2, 0.25) is 23.6 Å². The topological polar surface area (TPSA) is 450 Å². The van der Waals surface area contributed by atoms with Crippen LogP contribution in [0, 0.1) is 5.92 Å². The Labute approximate surface area is 519 Å². The number of alkyl halides is 2. The van der Waals surface area contributed by atoms with Crippen molar-refractivity contribution in [3.05, 3.63) is 67.3 Å². The number of carbonyl (C=O) groups excluding carboxylic acids is 8. The Bertz CT molecular complexity index is 3650. The van der Waals surface area contributed by atoms with Crippen LogP contribution in [-0.4, -0.2) is 173 Å². The fourth-order valence-corrected chi connectivity index (χ4v) is 12.7. The maximum absolute atomic E-state index is 16.7. The highest BCUT2D eigenvalue weighted by molar-refractivity contribution is 8.44. The minimum Gasteiger partial charge on any atom is -0.445 e. The molecule has 40 heteroatoms. The van der Waals surface area contributed by atoms with Crippen LogP contribution in [0.4, 0.5) is 35.7 Å². The van der Waals surface area contributed by atoms with Gasteiger partial charge in [-0.2, -0.15) is 0 Å². The summed E-state index contributed by atoms with van der Waals surface area (Å²) in [5.74, 6) is -4.13. The van der Waals surface area contributed by atoms with Crippen molar-refractivity contribution in [2.24, 2.45) is 11.7 Å². The molecular formula is C50H61F2N17O17P2S2. The maximum Gasteiger partial charge on any atom is 0.407 e. The molecule has 3 saturated heterocycles. The van der Waals surface area contributed by atoms with Gasteiger partial charge in [0.15, 0.2) is 53.2 Å². The first-order valence-corrected chi connectivity index (χ1v) is 33.0. The van der Waals surface area contributed by atoms with Gasteiger partial charge in [0, 0.05) is 50.3 Å². The highest BCUT2D eigenvalue weighted by Crippen LogP contribution is 2.60. The summed E-state index contributed by atoms with van der Waals surface area (Å²) >= 11 is 8.10. The van der Waals surface area contributed by atoms with Crippen molar-refractivity contribution in [3.63, 3.8) is 0 Å². The summed E-state index contributed by atoms with van der Waals surface area (Å²) in [5, 5.41) is 15.5. The van der Waals surface area contributed by atoms with E-state index in [4.69, 9.17) is 43.8 Å². The number of nitrogens with one attached hydrogen (secondary N) is 6. The molecule has 484 valence electrons. The van der Waals surface area contributed by atoms with Crippen molar-refractivity contribution in [2.45, 2.75) is 114 Å². The number of nitrogens with zero attached hydrogens (tertiary/aromatic N) is 9. The van der Waals surface area contributed by atoms with Gasteiger partial charge in [0.1, 0.15) is 61.3 Å². The number of fused-ring (bicyclic) bond motifs is 4. The molecule has 34 nitrogen and oxygen atoms in total. The number of benzene rings is 1. The van der Waals surface area contributed by atoms with Gasteiger partial charge in [-0.05, 0) is 42.9 Å². The van der Waals surface area contributed by atoms with Crippen molar-refractivity contribution in [1.82, 2.24) is 65.2 Å². The number of nitrogen functional groups attached to an aromatic ring is 1. The Morgan fingerprint density at radius 3 is 1.91 bits per heavy atom. The summed E-state index contributed by atoms with van der Waals surface area (Å²) in [6.07, 6.45) is -8.07. The highest BCUT2D eigenvalue weighted by Gasteiger charge is 2.54. The van der Waals surface area contributed by atoms with E-state index in [1.54, 1.807) is 26.0 Å². The minimum absolute atomic E-state index is 0.00118. The number of amides is 9. The molecule has 0 aliphatic carbocycles. The number of aromatic nitrogens is 8. The van der Waals surface area contributed by atoms with Crippen LogP contribution >= 0.6 is 38.1 Å². The molecule has 0 bridgehead atoms. The molecule has 90 heavy (non-hydrogen) atoms. The molecule has 0 saturated carbocycles. The van der Waals surface area contributed by atoms with E-state index < -0.39 is 142 Å². The lowest BCUT2D eigenvalue weighted by Crippen LogP contribution is -2.54. The number of thiol groups is 2. The Morgan fingerprint density at radius 1 is 0.733 bits per heavy atom. The molecular weight excluding hydrogens is 1270 g/mol. The van der Waals surface area contributed by atoms with E-state index in [0.717, 1.165) is 40.6 Å². The Balaban J connectivity index is 0.728. The smallest absolute Gasteiger partial charge is 0.407 e. The number of carbonyl (C=O) groups is 8. The van der Waals surface area contributed by atoms with Crippen molar-refractivity contribution >= 4 is 125 Å². The number of hydrogen-bond donors (Lipinski definition) is 10. The number of hydrogen-bond acceptors (Lipinski definition) is 24. The molecule has 0 spiro atoms. The maximum atomic E-state index is 16.7. The third-order valence-electron chi connectivity index (χ3n) is 14.2. The fraction of sp³-hybridized carbons (Fsp3) is 0.480. The molecule has 3 fully saturated rings. The van der Waals surface area contributed by atoms with Crippen LogP contribution in [-0.2, 0) is 76.8 Å². The predicted octanol–water partition coefficient (Wildman–Crippen LogP) is 2.59. The number of nitrogens with two attached hydrogens (primary N) is 2. The number of primary amides is 1. The number of imidazole rings is 2. The quantitative estimate of drug-likeness (QED) is 0.0206. The van der Waals surface area contributed by atoms with E-state index in [0.29, 0.717) is 11.3 Å². The Morgan fingerprint density at radius 2 is 1.31 bits per heavy atom. The van der Waals surface area contributed by atoms with Crippen molar-refractivity contribution in [3.8, 4) is 0 Å². The van der Waals surface area contributed by atoms with E-state index in [9.17, 15) is 47.5 Å². The zero-order chi connectivity index (χ0) is 64.6. The minimum atomic E-state index is -4.56. The highest BCUT2D eigenvalue weighted by atomic mass is 32.7. The van der Waals surface area contributed by atoms with Crippen LogP contribution in [0.5, 0.6) is 0 Å². The van der Waals surface area contributed by atoms with Crippen molar-refractivity contribution < 1.29 is 88.6 Å². The van der Waals surface area contributed by atoms with Crippen LogP contribution < -0.4 is 43.4 Å². The first kappa shape index (κ1) is 66.6. The molecule has 4 aliphatic heterocycles. The second kappa shape index (κ2) is 29.0.